The van der Waals surface area contributed by atoms with E-state index in [-0.39, 0.29) is 5.91 Å². The van der Waals surface area contributed by atoms with Gasteiger partial charge in [0.2, 0.25) is 0 Å². The molecule has 0 spiro atoms. The van der Waals surface area contributed by atoms with E-state index in [0.717, 1.165) is 12.1 Å². The molecule has 2 N–H and O–H groups in total. The molecule has 1 amide bonds. The lowest BCUT2D eigenvalue weighted by atomic mass is 10.2. The lowest BCUT2D eigenvalue weighted by Gasteiger charge is -2.21. The molecule has 0 fully saturated rings. The SMILES string of the molecule is CCCN(C(=O)c1cscn1)c1ccc(N)cc1. The van der Waals surface area contributed by atoms with Crippen LogP contribution in [0.4, 0.5) is 11.4 Å². The summed E-state index contributed by atoms with van der Waals surface area (Å²) in [5, 5.41) is 1.77. The van der Waals surface area contributed by atoms with Gasteiger partial charge in [0.25, 0.3) is 5.91 Å². The summed E-state index contributed by atoms with van der Waals surface area (Å²) in [4.78, 5) is 18.1. The summed E-state index contributed by atoms with van der Waals surface area (Å²) >= 11 is 1.42. The number of hydrogen-bond donors (Lipinski definition) is 1. The highest BCUT2D eigenvalue weighted by Gasteiger charge is 2.18. The van der Waals surface area contributed by atoms with E-state index < -0.39 is 0 Å². The number of benzene rings is 1. The Morgan fingerprint density at radius 1 is 1.39 bits per heavy atom. The van der Waals surface area contributed by atoms with Crippen LogP contribution in [0.2, 0.25) is 0 Å². The van der Waals surface area contributed by atoms with Crippen molar-refractivity contribution in [2.75, 3.05) is 17.2 Å². The van der Waals surface area contributed by atoms with Crippen LogP contribution in [0.15, 0.2) is 35.2 Å². The van der Waals surface area contributed by atoms with E-state index in [0.29, 0.717) is 17.9 Å². The smallest absolute Gasteiger partial charge is 0.277 e. The number of nitrogen functional groups attached to an aromatic ring is 1. The minimum absolute atomic E-state index is 0.0668. The van der Waals surface area contributed by atoms with Crippen molar-refractivity contribution in [3.05, 3.63) is 40.8 Å². The van der Waals surface area contributed by atoms with Gasteiger partial charge in [-0.3, -0.25) is 4.79 Å². The van der Waals surface area contributed by atoms with Crippen molar-refractivity contribution in [2.24, 2.45) is 0 Å². The first-order chi connectivity index (χ1) is 8.72. The first-order valence-corrected chi connectivity index (χ1v) is 6.72. The first-order valence-electron chi connectivity index (χ1n) is 5.78. The topological polar surface area (TPSA) is 59.2 Å². The van der Waals surface area contributed by atoms with Crippen molar-refractivity contribution in [2.45, 2.75) is 13.3 Å². The van der Waals surface area contributed by atoms with Gasteiger partial charge in [0.15, 0.2) is 0 Å². The van der Waals surface area contributed by atoms with Gasteiger partial charge in [-0.15, -0.1) is 11.3 Å². The molecule has 18 heavy (non-hydrogen) atoms. The standard InChI is InChI=1S/C13H15N3OS/c1-2-7-16(11-5-3-10(14)4-6-11)13(17)12-8-18-9-15-12/h3-6,8-9H,2,7,14H2,1H3. The molecule has 2 rings (SSSR count). The normalized spacial score (nSPS) is 10.3. The van der Waals surface area contributed by atoms with E-state index in [2.05, 4.69) is 4.98 Å². The molecule has 0 bridgehead atoms. The number of nitrogens with zero attached hydrogens (tertiary/aromatic N) is 2. The van der Waals surface area contributed by atoms with Crippen LogP contribution in [-0.4, -0.2) is 17.4 Å². The predicted octanol–water partition coefficient (Wildman–Crippen LogP) is 2.78. The Kier molecular flexibility index (Phi) is 3.94. The third-order valence-electron chi connectivity index (χ3n) is 2.55. The maximum atomic E-state index is 12.3. The van der Waals surface area contributed by atoms with E-state index in [1.54, 1.807) is 27.9 Å². The number of aromatic nitrogens is 1. The first kappa shape index (κ1) is 12.6. The van der Waals surface area contributed by atoms with Crippen LogP contribution < -0.4 is 10.6 Å². The zero-order chi connectivity index (χ0) is 13.0. The molecular formula is C13H15N3OS. The maximum Gasteiger partial charge on any atom is 0.277 e. The van der Waals surface area contributed by atoms with Gasteiger partial charge in [-0.05, 0) is 30.7 Å². The summed E-state index contributed by atoms with van der Waals surface area (Å²) in [7, 11) is 0. The Labute approximate surface area is 110 Å². The molecule has 5 heteroatoms. The third-order valence-corrected chi connectivity index (χ3v) is 3.14. The van der Waals surface area contributed by atoms with Crippen LogP contribution in [0.1, 0.15) is 23.8 Å². The molecule has 1 aromatic carbocycles. The fourth-order valence-corrected chi connectivity index (χ4v) is 2.21. The number of anilines is 2. The van der Waals surface area contributed by atoms with Gasteiger partial charge in [0, 0.05) is 23.3 Å². The van der Waals surface area contributed by atoms with E-state index in [1.165, 1.54) is 11.3 Å². The zero-order valence-corrected chi connectivity index (χ0v) is 11.0. The number of carbonyl (C=O) groups excluding carboxylic acids is 1. The fourth-order valence-electron chi connectivity index (χ4n) is 1.68. The van der Waals surface area contributed by atoms with Crippen LogP contribution in [0.3, 0.4) is 0 Å². The van der Waals surface area contributed by atoms with Gasteiger partial charge in [0.1, 0.15) is 5.69 Å². The Bertz CT molecular complexity index is 508. The molecule has 2 aromatic rings. The van der Waals surface area contributed by atoms with Crippen LogP contribution in [0, 0.1) is 0 Å². The van der Waals surface area contributed by atoms with Gasteiger partial charge in [-0.25, -0.2) is 4.98 Å². The minimum atomic E-state index is -0.0668. The van der Waals surface area contributed by atoms with Gasteiger partial charge < -0.3 is 10.6 Å². The summed E-state index contributed by atoms with van der Waals surface area (Å²) in [6, 6.07) is 7.31. The van der Waals surface area contributed by atoms with Gasteiger partial charge in [-0.1, -0.05) is 6.92 Å². The molecule has 0 aliphatic rings. The quantitative estimate of drug-likeness (QED) is 0.861. The summed E-state index contributed by atoms with van der Waals surface area (Å²) in [5.74, 6) is -0.0668. The van der Waals surface area contributed by atoms with Crippen molar-refractivity contribution >= 4 is 28.6 Å². The zero-order valence-electron chi connectivity index (χ0n) is 10.2. The van der Waals surface area contributed by atoms with Crippen LogP contribution in [-0.2, 0) is 0 Å². The summed E-state index contributed by atoms with van der Waals surface area (Å²) in [6.07, 6.45) is 0.889. The number of amides is 1. The number of rotatable bonds is 4. The van der Waals surface area contributed by atoms with E-state index >= 15 is 0 Å². The number of hydrogen-bond acceptors (Lipinski definition) is 4. The van der Waals surface area contributed by atoms with E-state index in [9.17, 15) is 4.79 Å². The number of nitrogens with two attached hydrogens (primary N) is 1. The van der Waals surface area contributed by atoms with Gasteiger partial charge >= 0.3 is 0 Å². The van der Waals surface area contributed by atoms with Crippen molar-refractivity contribution in [1.82, 2.24) is 4.98 Å². The van der Waals surface area contributed by atoms with Crippen LogP contribution in [0.25, 0.3) is 0 Å². The molecule has 4 nitrogen and oxygen atoms in total. The Hall–Kier alpha value is -1.88. The maximum absolute atomic E-state index is 12.3. The van der Waals surface area contributed by atoms with Crippen molar-refractivity contribution in [3.63, 3.8) is 0 Å². The second-order valence-electron chi connectivity index (χ2n) is 3.92. The molecule has 0 aliphatic heterocycles. The molecule has 0 aliphatic carbocycles. The van der Waals surface area contributed by atoms with Crippen molar-refractivity contribution < 1.29 is 4.79 Å². The molecule has 0 atom stereocenters. The van der Waals surface area contributed by atoms with E-state index in [1.807, 2.05) is 19.1 Å². The third kappa shape index (κ3) is 2.68. The van der Waals surface area contributed by atoms with Gasteiger partial charge in [0.05, 0.1) is 5.51 Å². The van der Waals surface area contributed by atoms with Gasteiger partial charge in [-0.2, -0.15) is 0 Å². The minimum Gasteiger partial charge on any atom is -0.399 e. The van der Waals surface area contributed by atoms with Crippen LogP contribution >= 0.6 is 11.3 Å². The number of thiazole rings is 1. The second-order valence-corrected chi connectivity index (χ2v) is 4.64. The van der Waals surface area contributed by atoms with Crippen molar-refractivity contribution in [3.8, 4) is 0 Å². The number of carbonyl (C=O) groups is 1. The lowest BCUT2D eigenvalue weighted by Crippen LogP contribution is -2.31. The summed E-state index contributed by atoms with van der Waals surface area (Å²) in [5.41, 5.74) is 9.36. The molecular weight excluding hydrogens is 246 g/mol. The monoisotopic (exact) mass is 261 g/mol. The summed E-state index contributed by atoms with van der Waals surface area (Å²) < 4.78 is 0. The largest absolute Gasteiger partial charge is 0.399 e. The average Bonchev–Trinajstić information content (AvgIpc) is 2.90. The Morgan fingerprint density at radius 2 is 2.11 bits per heavy atom. The Morgan fingerprint density at radius 3 is 2.67 bits per heavy atom. The highest BCUT2D eigenvalue weighted by Crippen LogP contribution is 2.19. The second kappa shape index (κ2) is 5.64. The molecule has 0 saturated carbocycles. The molecule has 0 saturated heterocycles. The predicted molar refractivity (Wildman–Crippen MR) is 74.9 cm³/mol. The molecule has 0 unspecified atom stereocenters. The Balaban J connectivity index is 2.28. The summed E-state index contributed by atoms with van der Waals surface area (Å²) in [6.45, 7) is 2.71. The average molecular weight is 261 g/mol. The molecule has 94 valence electrons. The molecule has 0 radical (unpaired) electrons. The van der Waals surface area contributed by atoms with Crippen molar-refractivity contribution in [1.29, 1.82) is 0 Å². The van der Waals surface area contributed by atoms with Crippen LogP contribution in [0.5, 0.6) is 0 Å². The van der Waals surface area contributed by atoms with E-state index in [4.69, 9.17) is 5.73 Å². The lowest BCUT2D eigenvalue weighted by molar-refractivity contribution is 0.0983. The highest BCUT2D eigenvalue weighted by atomic mass is 32.1. The highest BCUT2D eigenvalue weighted by molar-refractivity contribution is 7.07. The molecule has 1 aromatic heterocycles. The fraction of sp³-hybridized carbons (Fsp3) is 0.231. The molecule has 1 heterocycles.